The third kappa shape index (κ3) is 3.70. The average molecular weight is 277 g/mol. The van der Waals surface area contributed by atoms with Crippen LogP contribution in [0.1, 0.15) is 24.5 Å². The van der Waals surface area contributed by atoms with Crippen molar-refractivity contribution in [1.82, 2.24) is 0 Å². The van der Waals surface area contributed by atoms with E-state index in [0.29, 0.717) is 13.0 Å². The zero-order chi connectivity index (χ0) is 15.2. The predicted octanol–water partition coefficient (Wildman–Crippen LogP) is 3.97. The van der Waals surface area contributed by atoms with Crippen LogP contribution in [0.25, 0.3) is 11.1 Å². The Kier molecular flexibility index (Phi) is 4.73. The second-order valence-electron chi connectivity index (χ2n) is 5.03. The molecule has 0 aliphatic carbocycles. The Labute approximate surface area is 125 Å². The van der Waals surface area contributed by atoms with Crippen LogP contribution in [0.15, 0.2) is 47.5 Å². The third-order valence-electron chi connectivity index (χ3n) is 3.45. The summed E-state index contributed by atoms with van der Waals surface area (Å²) < 4.78 is 0. The van der Waals surface area contributed by atoms with Crippen LogP contribution >= 0.6 is 0 Å². The van der Waals surface area contributed by atoms with Gasteiger partial charge in [-0.15, -0.1) is 0 Å². The van der Waals surface area contributed by atoms with Crippen LogP contribution < -0.4 is 5.73 Å². The van der Waals surface area contributed by atoms with Gasteiger partial charge in [-0.2, -0.15) is 5.26 Å². The number of rotatable bonds is 4. The molecule has 0 heterocycles. The first kappa shape index (κ1) is 14.8. The van der Waals surface area contributed by atoms with Crippen LogP contribution in [0, 0.1) is 18.3 Å². The van der Waals surface area contributed by atoms with E-state index in [9.17, 15) is 0 Å². The molecule has 0 spiro atoms. The number of anilines is 1. The quantitative estimate of drug-likeness (QED) is 0.522. The lowest BCUT2D eigenvalue weighted by Crippen LogP contribution is -1.96. The van der Waals surface area contributed by atoms with E-state index >= 15 is 0 Å². The Morgan fingerprint density at radius 2 is 1.90 bits per heavy atom. The first-order valence-corrected chi connectivity index (χ1v) is 6.97. The van der Waals surface area contributed by atoms with Crippen molar-refractivity contribution in [2.45, 2.75) is 20.3 Å². The number of nitrogens with two attached hydrogens (primary N) is 1. The number of hydrogen-bond acceptors (Lipinski definition) is 3. The minimum atomic E-state index is 0.456. The molecule has 2 rings (SSSR count). The molecular weight excluding hydrogens is 258 g/mol. The van der Waals surface area contributed by atoms with E-state index in [2.05, 4.69) is 42.3 Å². The molecule has 0 amide bonds. The van der Waals surface area contributed by atoms with Crippen molar-refractivity contribution in [2.75, 3.05) is 12.3 Å². The fourth-order valence-corrected chi connectivity index (χ4v) is 2.21. The van der Waals surface area contributed by atoms with Gasteiger partial charge in [0.2, 0.25) is 0 Å². The fourth-order valence-electron chi connectivity index (χ4n) is 2.21. The van der Waals surface area contributed by atoms with Crippen LogP contribution in [0.4, 0.5) is 5.69 Å². The summed E-state index contributed by atoms with van der Waals surface area (Å²) in [5, 5.41) is 8.53. The molecule has 2 aromatic rings. The fraction of sp³-hybridized carbons (Fsp3) is 0.222. The van der Waals surface area contributed by atoms with Gasteiger partial charge < -0.3 is 5.73 Å². The first-order chi connectivity index (χ1) is 10.1. The van der Waals surface area contributed by atoms with E-state index in [0.717, 1.165) is 28.1 Å². The summed E-state index contributed by atoms with van der Waals surface area (Å²) >= 11 is 0. The normalized spacial score (nSPS) is 11.2. The maximum Gasteiger partial charge on any atom is 0.0641 e. The average Bonchev–Trinajstić information content (AvgIpc) is 2.50. The van der Waals surface area contributed by atoms with Crippen LogP contribution in [0.3, 0.4) is 0 Å². The van der Waals surface area contributed by atoms with E-state index in [-0.39, 0.29) is 0 Å². The number of benzene rings is 2. The van der Waals surface area contributed by atoms with Gasteiger partial charge >= 0.3 is 0 Å². The van der Waals surface area contributed by atoms with Gasteiger partial charge in [-0.05, 0) is 48.2 Å². The number of nitrogens with zero attached hydrogens (tertiary/aromatic N) is 2. The van der Waals surface area contributed by atoms with E-state index in [1.807, 2.05) is 25.1 Å². The van der Waals surface area contributed by atoms with Gasteiger partial charge in [0.1, 0.15) is 0 Å². The van der Waals surface area contributed by atoms with Gasteiger partial charge in [-0.25, -0.2) is 0 Å². The van der Waals surface area contributed by atoms with Crippen LogP contribution in [-0.2, 0) is 0 Å². The Balaban J connectivity index is 2.25. The summed E-state index contributed by atoms with van der Waals surface area (Å²) in [6.45, 7) is 4.60. The molecule has 0 aliphatic heterocycles. The van der Waals surface area contributed by atoms with Crippen molar-refractivity contribution in [3.8, 4) is 17.2 Å². The summed E-state index contributed by atoms with van der Waals surface area (Å²) in [5.41, 5.74) is 12.2. The summed E-state index contributed by atoms with van der Waals surface area (Å²) in [5.74, 6) is 0. The number of aliphatic imine (C=N–C) groups is 1. The molecule has 0 unspecified atom stereocenters. The molecule has 0 aromatic heterocycles. The lowest BCUT2D eigenvalue weighted by molar-refractivity contribution is 1.01. The molecule has 21 heavy (non-hydrogen) atoms. The highest BCUT2D eigenvalue weighted by Gasteiger charge is 2.04. The summed E-state index contributed by atoms with van der Waals surface area (Å²) in [6.07, 6.45) is 0.456. The third-order valence-corrected chi connectivity index (χ3v) is 3.45. The topological polar surface area (TPSA) is 62.2 Å². The maximum absolute atomic E-state index is 8.53. The maximum atomic E-state index is 8.53. The molecular formula is C18H19N3. The van der Waals surface area contributed by atoms with Gasteiger partial charge in [-0.1, -0.05) is 30.3 Å². The lowest BCUT2D eigenvalue weighted by Gasteiger charge is -2.08. The highest BCUT2D eigenvalue weighted by atomic mass is 14.7. The standard InChI is InChI=1S/C18H19N3/c1-13-4-9-17(20)12-18(13)16-7-5-15(6-8-16)14(2)21-11-3-10-19/h4-9,12H,3,11,20H2,1-2H3/b21-14+. The smallest absolute Gasteiger partial charge is 0.0641 e. The predicted molar refractivity (Wildman–Crippen MR) is 88.3 cm³/mol. The molecule has 3 heteroatoms. The van der Waals surface area contributed by atoms with E-state index < -0.39 is 0 Å². The number of aryl methyl sites for hydroxylation is 1. The highest BCUT2D eigenvalue weighted by molar-refractivity contribution is 5.99. The molecule has 0 radical (unpaired) electrons. The van der Waals surface area contributed by atoms with Crippen LogP contribution in [0.5, 0.6) is 0 Å². The molecule has 2 N–H and O–H groups in total. The lowest BCUT2D eigenvalue weighted by atomic mass is 9.98. The minimum absolute atomic E-state index is 0.456. The molecule has 0 aliphatic rings. The minimum Gasteiger partial charge on any atom is -0.399 e. The molecule has 0 saturated heterocycles. The molecule has 106 valence electrons. The van der Waals surface area contributed by atoms with Crippen molar-refractivity contribution in [3.63, 3.8) is 0 Å². The zero-order valence-corrected chi connectivity index (χ0v) is 12.4. The van der Waals surface area contributed by atoms with Gasteiger partial charge in [0.15, 0.2) is 0 Å². The van der Waals surface area contributed by atoms with Crippen LogP contribution in [-0.4, -0.2) is 12.3 Å². The van der Waals surface area contributed by atoms with Gasteiger partial charge in [0.05, 0.1) is 19.0 Å². The Hall–Kier alpha value is -2.60. The molecule has 0 saturated carbocycles. The SMILES string of the molecule is C/C(=N\CCC#N)c1ccc(-c2cc(N)ccc2C)cc1. The van der Waals surface area contributed by atoms with Crippen molar-refractivity contribution >= 4 is 11.4 Å². The zero-order valence-electron chi connectivity index (χ0n) is 12.4. The molecule has 0 fully saturated rings. The largest absolute Gasteiger partial charge is 0.399 e. The Bertz CT molecular complexity index is 691. The van der Waals surface area contributed by atoms with Gasteiger partial charge in [-0.3, -0.25) is 4.99 Å². The van der Waals surface area contributed by atoms with E-state index in [1.165, 1.54) is 5.56 Å². The molecule has 0 bridgehead atoms. The number of nitrogen functional groups attached to an aromatic ring is 1. The van der Waals surface area contributed by atoms with Crippen molar-refractivity contribution < 1.29 is 0 Å². The second-order valence-corrected chi connectivity index (χ2v) is 5.03. The van der Waals surface area contributed by atoms with E-state index in [1.54, 1.807) is 0 Å². The summed E-state index contributed by atoms with van der Waals surface area (Å²) in [4.78, 5) is 4.39. The summed E-state index contributed by atoms with van der Waals surface area (Å²) in [6, 6.07) is 16.3. The van der Waals surface area contributed by atoms with Gasteiger partial charge in [0.25, 0.3) is 0 Å². The first-order valence-electron chi connectivity index (χ1n) is 6.97. The van der Waals surface area contributed by atoms with Crippen molar-refractivity contribution in [1.29, 1.82) is 5.26 Å². The van der Waals surface area contributed by atoms with Gasteiger partial charge in [0, 0.05) is 11.4 Å². The Morgan fingerprint density at radius 1 is 1.19 bits per heavy atom. The van der Waals surface area contributed by atoms with Crippen LogP contribution in [0.2, 0.25) is 0 Å². The number of hydrogen-bond donors (Lipinski definition) is 1. The highest BCUT2D eigenvalue weighted by Crippen LogP contribution is 2.25. The molecule has 2 aromatic carbocycles. The summed E-state index contributed by atoms with van der Waals surface area (Å²) in [7, 11) is 0. The van der Waals surface area contributed by atoms with E-state index in [4.69, 9.17) is 11.0 Å². The molecule has 0 atom stereocenters. The Morgan fingerprint density at radius 3 is 2.57 bits per heavy atom. The molecule has 3 nitrogen and oxygen atoms in total. The van der Waals surface area contributed by atoms with Crippen molar-refractivity contribution in [2.24, 2.45) is 4.99 Å². The van der Waals surface area contributed by atoms with Crippen molar-refractivity contribution in [3.05, 3.63) is 53.6 Å². The second kappa shape index (κ2) is 6.71. The monoisotopic (exact) mass is 277 g/mol. The number of nitriles is 1.